The van der Waals surface area contributed by atoms with E-state index in [0.29, 0.717) is 17.8 Å². The Hall–Kier alpha value is -3.69. The van der Waals surface area contributed by atoms with Gasteiger partial charge in [0.15, 0.2) is 0 Å². The molecular formula is C20H18F3N5O2. The summed E-state index contributed by atoms with van der Waals surface area (Å²) < 4.78 is 39.8. The van der Waals surface area contributed by atoms with Gasteiger partial charge in [-0.15, -0.1) is 0 Å². The summed E-state index contributed by atoms with van der Waals surface area (Å²) in [6.45, 7) is 0.186. The molecule has 1 aromatic carbocycles. The van der Waals surface area contributed by atoms with E-state index in [1.807, 2.05) is 0 Å². The van der Waals surface area contributed by atoms with Crippen molar-refractivity contribution in [2.24, 2.45) is 0 Å². The molecule has 0 aliphatic heterocycles. The molecule has 0 unspecified atom stereocenters. The molecule has 0 bridgehead atoms. The molecule has 2 heterocycles. The van der Waals surface area contributed by atoms with Crippen LogP contribution in [0.1, 0.15) is 27.3 Å². The maximum absolute atomic E-state index is 13.3. The van der Waals surface area contributed by atoms with Crippen LogP contribution in [0.5, 0.6) is 0 Å². The summed E-state index contributed by atoms with van der Waals surface area (Å²) in [6, 6.07) is 6.08. The summed E-state index contributed by atoms with van der Waals surface area (Å²) in [5.74, 6) is -0.565. The highest BCUT2D eigenvalue weighted by Gasteiger charge is 2.32. The molecule has 30 heavy (non-hydrogen) atoms. The van der Waals surface area contributed by atoms with Gasteiger partial charge in [-0.25, -0.2) is 4.98 Å². The van der Waals surface area contributed by atoms with Gasteiger partial charge in [0.2, 0.25) is 5.91 Å². The second kappa shape index (κ2) is 9.21. The summed E-state index contributed by atoms with van der Waals surface area (Å²) in [5, 5.41) is 4.96. The van der Waals surface area contributed by atoms with Crippen LogP contribution in [0, 0.1) is 0 Å². The number of aromatic nitrogens is 3. The highest BCUT2D eigenvalue weighted by Crippen LogP contribution is 2.32. The molecule has 0 atom stereocenters. The number of carbonyl (C=O) groups is 2. The number of nitrogens with one attached hydrogen (secondary N) is 3. The number of nitrogens with zero attached hydrogens (tertiary/aromatic N) is 2. The van der Waals surface area contributed by atoms with Gasteiger partial charge >= 0.3 is 6.18 Å². The van der Waals surface area contributed by atoms with Crippen molar-refractivity contribution in [1.82, 2.24) is 20.3 Å². The zero-order valence-corrected chi connectivity index (χ0v) is 15.7. The Balaban J connectivity index is 1.72. The van der Waals surface area contributed by atoms with Crippen molar-refractivity contribution in [1.29, 1.82) is 0 Å². The molecule has 2 amide bonds. The number of carbonyl (C=O) groups excluding carboxylic acids is 2. The van der Waals surface area contributed by atoms with Crippen LogP contribution < -0.4 is 10.6 Å². The average molecular weight is 417 g/mol. The number of rotatable bonds is 7. The predicted molar refractivity (Wildman–Crippen MR) is 103 cm³/mol. The molecule has 0 saturated carbocycles. The standard InChI is InChI=1S/C20H18F3N5O2/c21-20(22,23)15-9-14(19(30)27-5-3-17-25-6-7-26-17)10-16(11-15)28-18(29)8-13-2-1-4-24-12-13/h1-2,4,6-7,9-12H,3,5,8H2,(H,25,26)(H,27,30)(H,28,29). The van der Waals surface area contributed by atoms with Crippen molar-refractivity contribution in [3.05, 3.63) is 77.6 Å². The lowest BCUT2D eigenvalue weighted by molar-refractivity contribution is -0.137. The van der Waals surface area contributed by atoms with Crippen molar-refractivity contribution in [2.45, 2.75) is 19.0 Å². The summed E-state index contributed by atoms with van der Waals surface area (Å²) in [4.78, 5) is 35.3. The van der Waals surface area contributed by atoms with Crippen LogP contribution in [0.2, 0.25) is 0 Å². The Morgan fingerprint density at radius 3 is 2.63 bits per heavy atom. The number of benzene rings is 1. The Morgan fingerprint density at radius 1 is 1.13 bits per heavy atom. The number of pyridine rings is 1. The molecule has 0 fully saturated rings. The van der Waals surface area contributed by atoms with E-state index in [4.69, 9.17) is 0 Å². The first-order chi connectivity index (χ1) is 14.3. The van der Waals surface area contributed by atoms with E-state index in [9.17, 15) is 22.8 Å². The van der Waals surface area contributed by atoms with E-state index in [-0.39, 0.29) is 24.2 Å². The number of H-pyrrole nitrogens is 1. The molecule has 2 aromatic heterocycles. The zero-order valence-electron chi connectivity index (χ0n) is 15.7. The first-order valence-corrected chi connectivity index (χ1v) is 8.99. The van der Waals surface area contributed by atoms with Gasteiger partial charge in [0.05, 0.1) is 12.0 Å². The summed E-state index contributed by atoms with van der Waals surface area (Å²) >= 11 is 0. The number of imidazole rings is 1. The fraction of sp³-hybridized carbons (Fsp3) is 0.200. The van der Waals surface area contributed by atoms with Gasteiger partial charge in [-0.1, -0.05) is 6.07 Å². The average Bonchev–Trinajstić information content (AvgIpc) is 3.21. The number of aromatic amines is 1. The zero-order chi connectivity index (χ0) is 21.6. The minimum Gasteiger partial charge on any atom is -0.352 e. The van der Waals surface area contributed by atoms with Crippen molar-refractivity contribution in [3.8, 4) is 0 Å². The van der Waals surface area contributed by atoms with Crippen LogP contribution in [-0.2, 0) is 23.8 Å². The quantitative estimate of drug-likeness (QED) is 0.550. The van der Waals surface area contributed by atoms with Crippen molar-refractivity contribution < 1.29 is 22.8 Å². The Morgan fingerprint density at radius 2 is 1.97 bits per heavy atom. The maximum atomic E-state index is 13.3. The monoisotopic (exact) mass is 417 g/mol. The summed E-state index contributed by atoms with van der Waals surface area (Å²) in [7, 11) is 0. The Labute approximate surface area is 169 Å². The topological polar surface area (TPSA) is 99.8 Å². The normalized spacial score (nSPS) is 11.2. The number of alkyl halides is 3. The maximum Gasteiger partial charge on any atom is 0.416 e. The largest absolute Gasteiger partial charge is 0.416 e. The summed E-state index contributed by atoms with van der Waals surface area (Å²) in [6.07, 6.45) is 1.89. The lowest BCUT2D eigenvalue weighted by Crippen LogP contribution is -2.26. The number of hydrogen-bond acceptors (Lipinski definition) is 4. The molecule has 0 radical (unpaired) electrons. The van der Waals surface area contributed by atoms with E-state index in [0.717, 1.165) is 12.1 Å². The number of amides is 2. The van der Waals surface area contributed by atoms with E-state index < -0.39 is 23.6 Å². The third-order valence-corrected chi connectivity index (χ3v) is 4.10. The fourth-order valence-electron chi connectivity index (χ4n) is 2.72. The van der Waals surface area contributed by atoms with Crippen LogP contribution >= 0.6 is 0 Å². The first kappa shape index (κ1) is 21.0. The Kier molecular flexibility index (Phi) is 6.45. The Bertz CT molecular complexity index is 1010. The fourth-order valence-corrected chi connectivity index (χ4v) is 2.72. The molecule has 156 valence electrons. The van der Waals surface area contributed by atoms with Crippen LogP contribution in [0.3, 0.4) is 0 Å². The van der Waals surface area contributed by atoms with Gasteiger partial charge in [-0.2, -0.15) is 13.2 Å². The van der Waals surface area contributed by atoms with Crippen molar-refractivity contribution in [3.63, 3.8) is 0 Å². The molecule has 10 heteroatoms. The highest BCUT2D eigenvalue weighted by atomic mass is 19.4. The van der Waals surface area contributed by atoms with Gasteiger partial charge in [0.25, 0.3) is 5.91 Å². The minimum atomic E-state index is -4.67. The highest BCUT2D eigenvalue weighted by molar-refractivity contribution is 5.98. The number of halogens is 3. The number of hydrogen-bond donors (Lipinski definition) is 3. The SMILES string of the molecule is O=C(Cc1cccnc1)Nc1cc(C(=O)NCCc2ncc[nH]2)cc(C(F)(F)F)c1. The predicted octanol–water partition coefficient (Wildman–Crippen LogP) is 2.98. The third kappa shape index (κ3) is 5.90. The van der Waals surface area contributed by atoms with Gasteiger partial charge in [-0.3, -0.25) is 14.6 Å². The van der Waals surface area contributed by atoms with E-state index in [1.54, 1.807) is 30.7 Å². The van der Waals surface area contributed by atoms with Crippen LogP contribution in [-0.4, -0.2) is 33.3 Å². The first-order valence-electron chi connectivity index (χ1n) is 8.99. The van der Waals surface area contributed by atoms with Gasteiger partial charge in [0, 0.05) is 49.0 Å². The molecule has 0 aliphatic rings. The van der Waals surface area contributed by atoms with Crippen molar-refractivity contribution in [2.75, 3.05) is 11.9 Å². The molecular weight excluding hydrogens is 399 g/mol. The smallest absolute Gasteiger partial charge is 0.352 e. The van der Waals surface area contributed by atoms with Gasteiger partial charge in [-0.05, 0) is 29.8 Å². The van der Waals surface area contributed by atoms with Crippen LogP contribution in [0.15, 0.2) is 55.1 Å². The lowest BCUT2D eigenvalue weighted by atomic mass is 10.1. The molecule has 7 nitrogen and oxygen atoms in total. The van der Waals surface area contributed by atoms with Gasteiger partial charge in [0.1, 0.15) is 5.82 Å². The van der Waals surface area contributed by atoms with E-state index in [2.05, 4.69) is 25.6 Å². The summed E-state index contributed by atoms with van der Waals surface area (Å²) in [5.41, 5.74) is -0.744. The van der Waals surface area contributed by atoms with Gasteiger partial charge < -0.3 is 15.6 Å². The van der Waals surface area contributed by atoms with E-state index in [1.165, 1.54) is 12.3 Å². The van der Waals surface area contributed by atoms with Crippen LogP contribution in [0.25, 0.3) is 0 Å². The lowest BCUT2D eigenvalue weighted by Gasteiger charge is -2.13. The van der Waals surface area contributed by atoms with E-state index >= 15 is 0 Å². The second-order valence-electron chi connectivity index (χ2n) is 6.42. The second-order valence-corrected chi connectivity index (χ2v) is 6.42. The molecule has 0 saturated heterocycles. The minimum absolute atomic E-state index is 0.0608. The van der Waals surface area contributed by atoms with Crippen LogP contribution in [0.4, 0.5) is 18.9 Å². The molecule has 0 aliphatic carbocycles. The van der Waals surface area contributed by atoms with Crippen molar-refractivity contribution >= 4 is 17.5 Å². The molecule has 0 spiro atoms. The number of anilines is 1. The molecule has 3 aromatic rings. The third-order valence-electron chi connectivity index (χ3n) is 4.10. The molecule has 3 N–H and O–H groups in total. The molecule has 3 rings (SSSR count).